The highest BCUT2D eigenvalue weighted by atomic mass is 16.5. The molecule has 0 radical (unpaired) electrons. The number of aryl methyl sites for hydroxylation is 2. The van der Waals surface area contributed by atoms with Crippen LogP contribution in [0.3, 0.4) is 0 Å². The van der Waals surface area contributed by atoms with Crippen LogP contribution in [0.15, 0.2) is 30.3 Å². The number of nitrogens with zero attached hydrogens (tertiary/aromatic N) is 1. The van der Waals surface area contributed by atoms with E-state index in [1.807, 2.05) is 44.2 Å². The number of aromatic amines is 1. The Morgan fingerprint density at radius 2 is 2.00 bits per heavy atom. The quantitative estimate of drug-likeness (QED) is 0.768. The van der Waals surface area contributed by atoms with Crippen LogP contribution in [-0.4, -0.2) is 22.3 Å². The first-order valence-corrected chi connectivity index (χ1v) is 5.53. The number of aromatic nitrogens is 2. The lowest BCUT2D eigenvalue weighted by Crippen LogP contribution is -2.36. The molecule has 0 aliphatic carbocycles. The van der Waals surface area contributed by atoms with E-state index < -0.39 is 7.12 Å². The third kappa shape index (κ3) is 2.75. The molecule has 88 valence electrons. The Morgan fingerprint density at radius 1 is 1.29 bits per heavy atom. The number of rotatable bonds is 4. The van der Waals surface area contributed by atoms with Crippen LogP contribution < -0.4 is 5.46 Å². The fourth-order valence-corrected chi connectivity index (χ4v) is 1.76. The monoisotopic (exact) mass is 230 g/mol. The highest BCUT2D eigenvalue weighted by Crippen LogP contribution is 2.03. The summed E-state index contributed by atoms with van der Waals surface area (Å²) in [6.45, 7) is 4.09. The molecule has 5 heteroatoms. The Hall–Kier alpha value is -1.59. The predicted octanol–water partition coefficient (Wildman–Crippen LogP) is 0.931. The highest BCUT2D eigenvalue weighted by Gasteiger charge is 2.23. The molecule has 0 spiro atoms. The molecule has 1 heterocycles. The zero-order chi connectivity index (χ0) is 12.3. The van der Waals surface area contributed by atoms with Crippen LogP contribution >= 0.6 is 0 Å². The van der Waals surface area contributed by atoms with Crippen molar-refractivity contribution in [1.82, 2.24) is 10.2 Å². The average molecular weight is 230 g/mol. The van der Waals surface area contributed by atoms with Crippen LogP contribution in [0.2, 0.25) is 0 Å². The molecule has 0 atom stereocenters. The second-order valence-corrected chi connectivity index (χ2v) is 4.00. The van der Waals surface area contributed by atoms with Crippen LogP contribution in [0.1, 0.15) is 17.0 Å². The second-order valence-electron chi connectivity index (χ2n) is 4.00. The van der Waals surface area contributed by atoms with Gasteiger partial charge in [-0.15, -0.1) is 0 Å². The van der Waals surface area contributed by atoms with Gasteiger partial charge in [-0.2, -0.15) is 5.10 Å². The molecule has 1 aromatic heterocycles. The molecule has 0 fully saturated rings. The average Bonchev–Trinajstić information content (AvgIpc) is 2.67. The third-order valence-electron chi connectivity index (χ3n) is 2.68. The Morgan fingerprint density at radius 3 is 2.59 bits per heavy atom. The van der Waals surface area contributed by atoms with Crippen molar-refractivity contribution in [2.75, 3.05) is 0 Å². The molecule has 0 unspecified atom stereocenters. The topological polar surface area (TPSA) is 58.1 Å². The number of hydrogen-bond donors (Lipinski definition) is 2. The van der Waals surface area contributed by atoms with E-state index in [0.717, 1.165) is 22.4 Å². The van der Waals surface area contributed by atoms with Gasteiger partial charge in [0, 0.05) is 11.2 Å². The number of hydrogen-bond acceptors (Lipinski definition) is 3. The SMILES string of the molecule is Cc1n[nH]c(C)c1B(O)OCc1ccccc1. The lowest BCUT2D eigenvalue weighted by Gasteiger charge is -2.08. The van der Waals surface area contributed by atoms with Crippen molar-refractivity contribution in [1.29, 1.82) is 0 Å². The fraction of sp³-hybridized carbons (Fsp3) is 0.250. The lowest BCUT2D eigenvalue weighted by molar-refractivity contribution is 0.259. The molecule has 4 nitrogen and oxygen atoms in total. The first-order chi connectivity index (χ1) is 8.18. The minimum Gasteiger partial charge on any atom is -0.423 e. The van der Waals surface area contributed by atoms with Gasteiger partial charge in [-0.25, -0.2) is 0 Å². The second kappa shape index (κ2) is 5.16. The summed E-state index contributed by atoms with van der Waals surface area (Å²) in [4.78, 5) is 0. The van der Waals surface area contributed by atoms with Crippen molar-refractivity contribution in [3.63, 3.8) is 0 Å². The van der Waals surface area contributed by atoms with E-state index in [-0.39, 0.29) is 0 Å². The summed E-state index contributed by atoms with van der Waals surface area (Å²) in [5.74, 6) is 0. The van der Waals surface area contributed by atoms with E-state index in [9.17, 15) is 5.02 Å². The van der Waals surface area contributed by atoms with Gasteiger partial charge in [0.05, 0.1) is 12.3 Å². The minimum atomic E-state index is -0.936. The van der Waals surface area contributed by atoms with Crippen LogP contribution in [-0.2, 0) is 11.3 Å². The lowest BCUT2D eigenvalue weighted by atomic mass is 9.78. The van der Waals surface area contributed by atoms with Crippen molar-refractivity contribution >= 4 is 12.6 Å². The highest BCUT2D eigenvalue weighted by molar-refractivity contribution is 6.60. The van der Waals surface area contributed by atoms with Gasteiger partial charge in [0.1, 0.15) is 0 Å². The molecule has 0 amide bonds. The summed E-state index contributed by atoms with van der Waals surface area (Å²) in [6, 6.07) is 9.76. The van der Waals surface area contributed by atoms with Gasteiger partial charge in [0.25, 0.3) is 0 Å². The molecule has 1 aromatic carbocycles. The van der Waals surface area contributed by atoms with E-state index in [1.54, 1.807) is 0 Å². The van der Waals surface area contributed by atoms with Gasteiger partial charge in [-0.3, -0.25) is 5.10 Å². The molecule has 2 aromatic rings. The Bertz CT molecular complexity index is 465. The predicted molar refractivity (Wildman–Crippen MR) is 66.9 cm³/mol. The Kier molecular flexibility index (Phi) is 3.61. The zero-order valence-corrected chi connectivity index (χ0v) is 9.97. The van der Waals surface area contributed by atoms with Crippen molar-refractivity contribution in [3.05, 3.63) is 47.3 Å². The van der Waals surface area contributed by atoms with E-state index in [4.69, 9.17) is 4.65 Å². The number of nitrogens with one attached hydrogen (secondary N) is 1. The molecular formula is C12H15BN2O2. The molecule has 0 aliphatic rings. The van der Waals surface area contributed by atoms with Crippen molar-refractivity contribution < 1.29 is 9.68 Å². The summed E-state index contributed by atoms with van der Waals surface area (Å²) < 4.78 is 5.43. The molecule has 2 N–H and O–H groups in total. The largest absolute Gasteiger partial charge is 0.495 e. The van der Waals surface area contributed by atoms with Gasteiger partial charge in [0.15, 0.2) is 0 Å². The van der Waals surface area contributed by atoms with Gasteiger partial charge in [0.2, 0.25) is 0 Å². The maximum atomic E-state index is 9.95. The smallest absolute Gasteiger partial charge is 0.423 e. The summed E-state index contributed by atoms with van der Waals surface area (Å²) in [7, 11) is -0.936. The molecule has 0 bridgehead atoms. The first kappa shape index (κ1) is 11.9. The Balaban J connectivity index is 2.01. The van der Waals surface area contributed by atoms with Crippen LogP contribution in [0.5, 0.6) is 0 Å². The van der Waals surface area contributed by atoms with Crippen LogP contribution in [0, 0.1) is 13.8 Å². The van der Waals surface area contributed by atoms with E-state index >= 15 is 0 Å². The number of benzene rings is 1. The van der Waals surface area contributed by atoms with E-state index in [2.05, 4.69) is 10.2 Å². The van der Waals surface area contributed by atoms with Crippen molar-refractivity contribution in [2.24, 2.45) is 0 Å². The zero-order valence-electron chi connectivity index (χ0n) is 9.97. The fourth-order valence-electron chi connectivity index (χ4n) is 1.76. The molecule has 17 heavy (non-hydrogen) atoms. The molecule has 0 aliphatic heterocycles. The first-order valence-electron chi connectivity index (χ1n) is 5.53. The summed E-state index contributed by atoms with van der Waals surface area (Å²) >= 11 is 0. The summed E-state index contributed by atoms with van der Waals surface area (Å²) in [5, 5.41) is 16.8. The number of H-pyrrole nitrogens is 1. The van der Waals surface area contributed by atoms with Crippen LogP contribution in [0.25, 0.3) is 0 Å². The molecule has 0 saturated heterocycles. The van der Waals surface area contributed by atoms with Gasteiger partial charge < -0.3 is 9.68 Å². The minimum absolute atomic E-state index is 0.381. The van der Waals surface area contributed by atoms with Crippen LogP contribution in [0.4, 0.5) is 0 Å². The standard InChI is InChI=1S/C12H15BN2O2/c1-9-12(10(2)15-14-9)13(16)17-8-11-6-4-3-5-7-11/h3-7,16H,8H2,1-2H3,(H,14,15). The Labute approximate surface area is 101 Å². The molecule has 0 saturated carbocycles. The summed E-state index contributed by atoms with van der Waals surface area (Å²) in [5.41, 5.74) is 3.36. The summed E-state index contributed by atoms with van der Waals surface area (Å²) in [6.07, 6.45) is 0. The van der Waals surface area contributed by atoms with E-state index in [1.165, 1.54) is 0 Å². The van der Waals surface area contributed by atoms with Crippen molar-refractivity contribution in [3.8, 4) is 0 Å². The normalized spacial score (nSPS) is 10.5. The van der Waals surface area contributed by atoms with Gasteiger partial charge >= 0.3 is 7.12 Å². The maximum absolute atomic E-state index is 9.95. The third-order valence-corrected chi connectivity index (χ3v) is 2.68. The van der Waals surface area contributed by atoms with E-state index in [0.29, 0.717) is 6.61 Å². The molecular weight excluding hydrogens is 215 g/mol. The van der Waals surface area contributed by atoms with Crippen molar-refractivity contribution in [2.45, 2.75) is 20.5 Å². The molecule has 2 rings (SSSR count). The van der Waals surface area contributed by atoms with Gasteiger partial charge in [-0.1, -0.05) is 30.3 Å². The maximum Gasteiger partial charge on any atom is 0.495 e. The van der Waals surface area contributed by atoms with Gasteiger partial charge in [-0.05, 0) is 19.4 Å².